The Balaban J connectivity index is 1.94. The molecule has 0 saturated carbocycles. The normalized spacial score (nSPS) is 10.8. The number of nitrogens with zero attached hydrogens (tertiary/aromatic N) is 3. The minimum Gasteiger partial charge on any atom is -0.494 e. The van der Waals surface area contributed by atoms with Gasteiger partial charge in [0.2, 0.25) is 5.75 Å². The predicted octanol–water partition coefficient (Wildman–Crippen LogP) is 5.27. The molecule has 4 aromatic rings. The van der Waals surface area contributed by atoms with Crippen LogP contribution in [0, 0.1) is 21.6 Å². The maximum absolute atomic E-state index is 12.8. The van der Waals surface area contributed by atoms with Crippen LogP contribution in [-0.2, 0) is 0 Å². The molecule has 0 atom stereocenters. The van der Waals surface area contributed by atoms with Gasteiger partial charge in [0.25, 0.3) is 0 Å². The molecule has 2 aromatic carbocycles. The summed E-state index contributed by atoms with van der Waals surface area (Å²) in [5.41, 5.74) is -2.07. The largest absolute Gasteiger partial charge is 0.494 e. The predicted molar refractivity (Wildman–Crippen MR) is 111 cm³/mol. The number of furan rings is 1. The maximum Gasteiger partial charge on any atom is 0.347 e. The van der Waals surface area contributed by atoms with Gasteiger partial charge in [0.15, 0.2) is 11.3 Å². The Bertz CT molecular complexity index is 1500. The van der Waals surface area contributed by atoms with Crippen molar-refractivity contribution in [2.24, 2.45) is 15.5 Å². The molecule has 0 saturated heterocycles. The van der Waals surface area contributed by atoms with Gasteiger partial charge in [-0.15, -0.1) is 14.7 Å². The Morgan fingerprint density at radius 3 is 2.38 bits per heavy atom. The molecule has 0 N–H and O–H groups in total. The Morgan fingerprint density at radius 1 is 0.969 bits per heavy atom. The minimum atomic E-state index is -1.00. The van der Waals surface area contributed by atoms with Crippen LogP contribution in [0.1, 0.15) is 16.1 Å². The van der Waals surface area contributed by atoms with E-state index in [9.17, 15) is 24.3 Å². The SMILES string of the molecule is COc1cc(C(=O)Oc2c(N=O)c(N=O)cc3c2oc2cc(C)oc(=O)c23)ccc1N=O. The second-order valence-electron chi connectivity index (χ2n) is 6.49. The first-order valence-corrected chi connectivity index (χ1v) is 8.86. The van der Waals surface area contributed by atoms with E-state index in [4.69, 9.17) is 18.3 Å². The monoisotopic (exact) mass is 437 g/mol. The van der Waals surface area contributed by atoms with Crippen LogP contribution in [0.4, 0.5) is 17.1 Å². The van der Waals surface area contributed by atoms with Crippen molar-refractivity contribution in [1.82, 2.24) is 0 Å². The number of carbonyl (C=O) groups is 1. The smallest absolute Gasteiger partial charge is 0.347 e. The molecule has 0 aliphatic heterocycles. The maximum atomic E-state index is 12.8. The molecule has 0 amide bonds. The molecule has 0 bridgehead atoms. The minimum absolute atomic E-state index is 0.00784. The number of benzene rings is 2. The van der Waals surface area contributed by atoms with Gasteiger partial charge < -0.3 is 18.3 Å². The van der Waals surface area contributed by atoms with E-state index in [-0.39, 0.29) is 44.7 Å². The van der Waals surface area contributed by atoms with Gasteiger partial charge in [0, 0.05) is 11.5 Å². The molecule has 0 aliphatic rings. The number of esters is 1. The van der Waals surface area contributed by atoms with Gasteiger partial charge in [0.1, 0.15) is 33.9 Å². The third kappa shape index (κ3) is 3.19. The number of hydrogen-bond acceptors (Lipinski definition) is 12. The van der Waals surface area contributed by atoms with Crippen molar-refractivity contribution in [2.45, 2.75) is 6.92 Å². The van der Waals surface area contributed by atoms with Gasteiger partial charge in [-0.25, -0.2) is 9.59 Å². The number of aryl methyl sites for hydroxylation is 1. The fraction of sp³-hybridized carbons (Fsp3) is 0.100. The first-order chi connectivity index (χ1) is 15.4. The van der Waals surface area contributed by atoms with Crippen LogP contribution in [-0.4, -0.2) is 13.1 Å². The van der Waals surface area contributed by atoms with Crippen molar-refractivity contribution in [1.29, 1.82) is 0 Å². The topological polar surface area (TPSA) is 167 Å². The first kappa shape index (κ1) is 20.5. The van der Waals surface area contributed by atoms with Crippen LogP contribution >= 0.6 is 0 Å². The lowest BCUT2D eigenvalue weighted by Crippen LogP contribution is -2.09. The van der Waals surface area contributed by atoms with Crippen LogP contribution in [0.5, 0.6) is 11.5 Å². The van der Waals surface area contributed by atoms with Gasteiger partial charge in [0.05, 0.1) is 12.7 Å². The van der Waals surface area contributed by atoms with Gasteiger partial charge in [-0.1, -0.05) is 0 Å². The molecule has 160 valence electrons. The molecule has 0 spiro atoms. The van der Waals surface area contributed by atoms with Crippen molar-refractivity contribution in [3.63, 3.8) is 0 Å². The highest BCUT2D eigenvalue weighted by atomic mass is 16.5. The fourth-order valence-electron chi connectivity index (χ4n) is 3.21. The molecule has 0 fully saturated rings. The molecule has 12 nitrogen and oxygen atoms in total. The number of methoxy groups -OCH3 is 1. The summed E-state index contributed by atoms with van der Waals surface area (Å²) in [7, 11) is 1.28. The third-order valence-electron chi connectivity index (χ3n) is 4.61. The van der Waals surface area contributed by atoms with Gasteiger partial charge in [-0.2, -0.15) is 0 Å². The molecule has 0 radical (unpaired) electrons. The molecule has 4 rings (SSSR count). The van der Waals surface area contributed by atoms with E-state index in [0.29, 0.717) is 0 Å². The molecule has 2 heterocycles. The zero-order valence-electron chi connectivity index (χ0n) is 16.4. The lowest BCUT2D eigenvalue weighted by Gasteiger charge is -2.09. The Hall–Kier alpha value is -4.74. The Kier molecular flexibility index (Phi) is 5.02. The molecular formula is C20H11N3O9. The molecule has 2 aromatic heterocycles. The van der Waals surface area contributed by atoms with Crippen molar-refractivity contribution in [2.75, 3.05) is 7.11 Å². The summed E-state index contributed by atoms with van der Waals surface area (Å²) in [6.07, 6.45) is 0. The average molecular weight is 437 g/mol. The summed E-state index contributed by atoms with van der Waals surface area (Å²) in [4.78, 5) is 58.7. The van der Waals surface area contributed by atoms with Crippen molar-refractivity contribution >= 4 is 45.0 Å². The quantitative estimate of drug-likeness (QED) is 0.222. The highest BCUT2D eigenvalue weighted by molar-refractivity contribution is 6.11. The Morgan fingerprint density at radius 2 is 1.72 bits per heavy atom. The molecule has 0 aliphatic carbocycles. The van der Waals surface area contributed by atoms with E-state index < -0.39 is 28.7 Å². The average Bonchev–Trinajstić information content (AvgIpc) is 3.16. The van der Waals surface area contributed by atoms with Crippen LogP contribution in [0.15, 0.2) is 59.5 Å². The zero-order chi connectivity index (χ0) is 23.0. The highest BCUT2D eigenvalue weighted by Crippen LogP contribution is 2.46. The van der Waals surface area contributed by atoms with Crippen LogP contribution < -0.4 is 15.1 Å². The van der Waals surface area contributed by atoms with Crippen LogP contribution in [0.2, 0.25) is 0 Å². The van der Waals surface area contributed by atoms with Crippen molar-refractivity contribution in [3.05, 3.63) is 66.8 Å². The molecule has 32 heavy (non-hydrogen) atoms. The number of hydrogen-bond donors (Lipinski definition) is 0. The van der Waals surface area contributed by atoms with E-state index >= 15 is 0 Å². The standard InChI is InChI=1S/C20H11N3O9/c1-8-5-14-15(20(25)30-8)10-7-12(22-27)16(23-28)18(17(10)31-14)32-19(24)9-3-4-11(21-26)13(6-9)29-2/h3-7H,1-2H3. The van der Waals surface area contributed by atoms with Gasteiger partial charge in [-0.3, -0.25) is 0 Å². The molecule has 12 heteroatoms. The zero-order valence-corrected chi connectivity index (χ0v) is 16.4. The molecule has 0 unspecified atom stereocenters. The summed E-state index contributed by atoms with van der Waals surface area (Å²) < 4.78 is 21.0. The number of fused-ring (bicyclic) bond motifs is 3. The number of rotatable bonds is 6. The van der Waals surface area contributed by atoms with Crippen LogP contribution in [0.25, 0.3) is 21.9 Å². The van der Waals surface area contributed by atoms with Crippen molar-refractivity contribution in [3.8, 4) is 11.5 Å². The lowest BCUT2D eigenvalue weighted by molar-refractivity contribution is 0.0736. The van der Waals surface area contributed by atoms with Crippen molar-refractivity contribution < 1.29 is 23.1 Å². The molecular weight excluding hydrogens is 426 g/mol. The van der Waals surface area contributed by atoms with E-state index in [1.807, 2.05) is 0 Å². The summed E-state index contributed by atoms with van der Waals surface area (Å²) >= 11 is 0. The third-order valence-corrected chi connectivity index (χ3v) is 4.61. The number of nitroso groups, excluding NO2 is 3. The van der Waals surface area contributed by atoms with Gasteiger partial charge in [-0.05, 0) is 46.7 Å². The Labute approximate surface area is 176 Å². The summed E-state index contributed by atoms with van der Waals surface area (Å²) in [6, 6.07) is 6.20. The van der Waals surface area contributed by atoms with Gasteiger partial charge >= 0.3 is 11.6 Å². The summed E-state index contributed by atoms with van der Waals surface area (Å²) in [6.45, 7) is 1.52. The van der Waals surface area contributed by atoms with E-state index in [1.165, 1.54) is 38.3 Å². The van der Waals surface area contributed by atoms with E-state index in [2.05, 4.69) is 15.5 Å². The summed E-state index contributed by atoms with van der Waals surface area (Å²) in [5.74, 6) is -1.26. The van der Waals surface area contributed by atoms with E-state index in [1.54, 1.807) is 0 Å². The fourth-order valence-corrected chi connectivity index (χ4v) is 3.21. The summed E-state index contributed by atoms with van der Waals surface area (Å²) in [5, 5.41) is 8.26. The lowest BCUT2D eigenvalue weighted by atomic mass is 10.1. The second-order valence-corrected chi connectivity index (χ2v) is 6.49. The number of carbonyl (C=O) groups excluding carboxylic acids is 1. The van der Waals surface area contributed by atoms with E-state index in [0.717, 1.165) is 6.07 Å². The second kappa shape index (κ2) is 7.83. The highest BCUT2D eigenvalue weighted by Gasteiger charge is 2.26. The van der Waals surface area contributed by atoms with Crippen LogP contribution in [0.3, 0.4) is 0 Å². The number of ether oxygens (including phenoxy) is 2. The first-order valence-electron chi connectivity index (χ1n) is 8.86.